The van der Waals surface area contributed by atoms with Crippen LogP contribution in [-0.2, 0) is 5.75 Å². The van der Waals surface area contributed by atoms with Gasteiger partial charge in [0.1, 0.15) is 5.84 Å². The number of para-hydroxylation sites is 2. The third kappa shape index (κ3) is 3.04. The van der Waals surface area contributed by atoms with E-state index in [0.717, 1.165) is 21.8 Å². The maximum atomic E-state index is 7.40. The van der Waals surface area contributed by atoms with Gasteiger partial charge in [0, 0.05) is 16.3 Å². The summed E-state index contributed by atoms with van der Waals surface area (Å²) >= 11 is 7.81. The van der Waals surface area contributed by atoms with E-state index in [2.05, 4.69) is 9.97 Å². The maximum Gasteiger partial charge on any atom is 0.166 e. The second kappa shape index (κ2) is 5.79. The van der Waals surface area contributed by atoms with Crippen molar-refractivity contribution in [2.75, 3.05) is 0 Å². The molecule has 0 aliphatic rings. The molecule has 0 spiro atoms. The molecule has 0 amide bonds. The average molecular weight is 317 g/mol. The van der Waals surface area contributed by atoms with Crippen LogP contribution >= 0.6 is 23.4 Å². The first-order valence-electron chi connectivity index (χ1n) is 6.34. The van der Waals surface area contributed by atoms with E-state index in [1.54, 1.807) is 17.8 Å². The number of aromatic nitrogens is 2. The van der Waals surface area contributed by atoms with Gasteiger partial charge < -0.3 is 10.7 Å². The molecular weight excluding hydrogens is 304 g/mol. The zero-order valence-corrected chi connectivity index (χ0v) is 12.6. The number of nitrogens with zero attached hydrogens (tertiary/aromatic N) is 1. The van der Waals surface area contributed by atoms with Crippen LogP contribution in [0.5, 0.6) is 0 Å². The van der Waals surface area contributed by atoms with E-state index >= 15 is 0 Å². The predicted octanol–water partition coefficient (Wildman–Crippen LogP) is 3.79. The highest BCUT2D eigenvalue weighted by Gasteiger charge is 2.07. The molecule has 2 aromatic carbocycles. The van der Waals surface area contributed by atoms with Gasteiger partial charge in [-0.3, -0.25) is 5.41 Å². The van der Waals surface area contributed by atoms with Crippen molar-refractivity contribution in [3.8, 4) is 0 Å². The van der Waals surface area contributed by atoms with Crippen molar-refractivity contribution in [3.05, 3.63) is 58.6 Å². The number of imidazole rings is 1. The van der Waals surface area contributed by atoms with Crippen molar-refractivity contribution >= 4 is 40.2 Å². The molecule has 3 aromatic rings. The second-order valence-corrected chi connectivity index (χ2v) is 5.94. The van der Waals surface area contributed by atoms with E-state index in [9.17, 15) is 0 Å². The first-order chi connectivity index (χ1) is 10.1. The van der Waals surface area contributed by atoms with Crippen molar-refractivity contribution in [2.24, 2.45) is 5.73 Å². The molecule has 4 nitrogen and oxygen atoms in total. The number of halogens is 1. The Hall–Kier alpha value is -1.98. The minimum atomic E-state index is 0.0217. The summed E-state index contributed by atoms with van der Waals surface area (Å²) < 4.78 is 0. The lowest BCUT2D eigenvalue weighted by molar-refractivity contribution is 1.08. The lowest BCUT2D eigenvalue weighted by Crippen LogP contribution is -2.10. The number of hydrogen-bond donors (Lipinski definition) is 3. The van der Waals surface area contributed by atoms with Gasteiger partial charge in [0.2, 0.25) is 0 Å². The fourth-order valence-electron chi connectivity index (χ4n) is 1.98. The molecule has 0 fully saturated rings. The molecule has 0 aliphatic carbocycles. The SMILES string of the molecule is N=C(N)c1ccc(CSc2nc3ccccc3[nH]2)c(Cl)c1. The minimum Gasteiger partial charge on any atom is -0.384 e. The zero-order chi connectivity index (χ0) is 14.8. The first-order valence-corrected chi connectivity index (χ1v) is 7.70. The summed E-state index contributed by atoms with van der Waals surface area (Å²) in [5.74, 6) is 0.727. The first kappa shape index (κ1) is 14.0. The normalized spacial score (nSPS) is 10.9. The van der Waals surface area contributed by atoms with Crippen molar-refractivity contribution < 1.29 is 0 Å². The molecule has 21 heavy (non-hydrogen) atoms. The zero-order valence-electron chi connectivity index (χ0n) is 11.1. The van der Waals surface area contributed by atoms with E-state index in [4.69, 9.17) is 22.7 Å². The molecule has 0 unspecified atom stereocenters. The van der Waals surface area contributed by atoms with Crippen LogP contribution in [0.3, 0.4) is 0 Å². The molecular formula is C15H13ClN4S. The predicted molar refractivity (Wildman–Crippen MR) is 88.1 cm³/mol. The standard InChI is InChI=1S/C15H13ClN4S/c16-11-7-9(14(17)18)5-6-10(11)8-21-15-19-12-3-1-2-4-13(12)20-15/h1-7H,8H2,(H3,17,18)(H,19,20). The molecule has 0 saturated heterocycles. The molecule has 0 radical (unpaired) electrons. The number of aromatic amines is 1. The highest BCUT2D eigenvalue weighted by molar-refractivity contribution is 7.98. The molecule has 0 bridgehead atoms. The number of amidine groups is 1. The molecule has 106 valence electrons. The topological polar surface area (TPSA) is 78.6 Å². The number of nitrogens with two attached hydrogens (primary N) is 1. The molecule has 0 atom stereocenters. The van der Waals surface area contributed by atoms with Gasteiger partial charge >= 0.3 is 0 Å². The van der Waals surface area contributed by atoms with Gasteiger partial charge in [0.05, 0.1) is 11.0 Å². The highest BCUT2D eigenvalue weighted by Crippen LogP contribution is 2.27. The van der Waals surface area contributed by atoms with Crippen LogP contribution in [-0.4, -0.2) is 15.8 Å². The largest absolute Gasteiger partial charge is 0.384 e. The van der Waals surface area contributed by atoms with Gasteiger partial charge in [-0.1, -0.05) is 47.6 Å². The minimum absolute atomic E-state index is 0.0217. The Balaban J connectivity index is 1.76. The fourth-order valence-corrected chi connectivity index (χ4v) is 3.19. The van der Waals surface area contributed by atoms with Crippen LogP contribution in [0.2, 0.25) is 5.02 Å². The third-order valence-corrected chi connectivity index (χ3v) is 4.37. The third-order valence-electron chi connectivity index (χ3n) is 3.10. The van der Waals surface area contributed by atoms with Crippen LogP contribution < -0.4 is 5.73 Å². The van der Waals surface area contributed by atoms with Crippen molar-refractivity contribution in [2.45, 2.75) is 10.9 Å². The lowest BCUT2D eigenvalue weighted by Gasteiger charge is -2.05. The average Bonchev–Trinajstić information content (AvgIpc) is 2.88. The Morgan fingerprint density at radius 2 is 2.10 bits per heavy atom. The quantitative estimate of drug-likeness (QED) is 0.389. The second-order valence-electron chi connectivity index (χ2n) is 4.57. The van der Waals surface area contributed by atoms with Gasteiger partial charge in [0.25, 0.3) is 0 Å². The summed E-state index contributed by atoms with van der Waals surface area (Å²) in [5, 5.41) is 8.88. The molecule has 0 aliphatic heterocycles. The van der Waals surface area contributed by atoms with Gasteiger partial charge in [-0.25, -0.2) is 4.98 Å². The van der Waals surface area contributed by atoms with Crippen molar-refractivity contribution in [1.82, 2.24) is 9.97 Å². The number of fused-ring (bicyclic) bond motifs is 1. The Morgan fingerprint density at radius 3 is 2.81 bits per heavy atom. The summed E-state index contributed by atoms with van der Waals surface area (Å²) in [4.78, 5) is 7.78. The lowest BCUT2D eigenvalue weighted by atomic mass is 10.1. The molecule has 1 aromatic heterocycles. The fraction of sp³-hybridized carbons (Fsp3) is 0.0667. The molecule has 3 rings (SSSR count). The number of nitrogen functional groups attached to an aromatic ring is 1. The van der Waals surface area contributed by atoms with Crippen LogP contribution in [0.15, 0.2) is 47.6 Å². The van der Waals surface area contributed by atoms with Gasteiger partial charge in [-0.05, 0) is 23.8 Å². The summed E-state index contributed by atoms with van der Waals surface area (Å²) in [6, 6.07) is 13.3. The van der Waals surface area contributed by atoms with E-state index < -0.39 is 0 Å². The Labute approximate surface area is 131 Å². The molecule has 4 N–H and O–H groups in total. The molecule has 1 heterocycles. The van der Waals surface area contributed by atoms with Crippen LogP contribution in [0, 0.1) is 5.41 Å². The van der Waals surface area contributed by atoms with Crippen LogP contribution in [0.4, 0.5) is 0 Å². The summed E-state index contributed by atoms with van der Waals surface area (Å²) in [7, 11) is 0. The van der Waals surface area contributed by atoms with E-state index in [1.165, 1.54) is 0 Å². The number of thioether (sulfide) groups is 1. The molecule has 6 heteroatoms. The summed E-state index contributed by atoms with van der Waals surface area (Å²) in [5.41, 5.74) is 9.06. The Bertz CT molecular complexity index is 779. The van der Waals surface area contributed by atoms with E-state index in [-0.39, 0.29) is 5.84 Å². The summed E-state index contributed by atoms with van der Waals surface area (Å²) in [6.45, 7) is 0. The van der Waals surface area contributed by atoms with E-state index in [0.29, 0.717) is 16.3 Å². The van der Waals surface area contributed by atoms with Gasteiger partial charge in [0.15, 0.2) is 5.16 Å². The Morgan fingerprint density at radius 1 is 1.29 bits per heavy atom. The number of rotatable bonds is 4. The number of benzene rings is 2. The highest BCUT2D eigenvalue weighted by atomic mass is 35.5. The number of hydrogen-bond acceptors (Lipinski definition) is 3. The van der Waals surface area contributed by atoms with Crippen LogP contribution in [0.25, 0.3) is 11.0 Å². The van der Waals surface area contributed by atoms with Crippen molar-refractivity contribution in [1.29, 1.82) is 5.41 Å². The maximum absolute atomic E-state index is 7.40. The van der Waals surface area contributed by atoms with Crippen molar-refractivity contribution in [3.63, 3.8) is 0 Å². The van der Waals surface area contributed by atoms with Gasteiger partial charge in [-0.15, -0.1) is 0 Å². The van der Waals surface area contributed by atoms with E-state index in [1.807, 2.05) is 36.4 Å². The van der Waals surface area contributed by atoms with Crippen LogP contribution in [0.1, 0.15) is 11.1 Å². The summed E-state index contributed by atoms with van der Waals surface area (Å²) in [6.07, 6.45) is 0. The molecule has 0 saturated carbocycles. The number of nitrogens with one attached hydrogen (secondary N) is 2. The monoisotopic (exact) mass is 316 g/mol. The Kier molecular flexibility index (Phi) is 3.86. The smallest absolute Gasteiger partial charge is 0.166 e. The number of H-pyrrole nitrogens is 1. The van der Waals surface area contributed by atoms with Gasteiger partial charge in [-0.2, -0.15) is 0 Å².